The van der Waals surface area contributed by atoms with Gasteiger partial charge in [0.25, 0.3) is 0 Å². The zero-order chi connectivity index (χ0) is 12.4. The highest BCUT2D eigenvalue weighted by Crippen LogP contribution is 2.35. The van der Waals surface area contributed by atoms with Crippen LogP contribution in [0.25, 0.3) is 0 Å². The summed E-state index contributed by atoms with van der Waals surface area (Å²) in [5.41, 5.74) is 4.35. The molecule has 3 rings (SSSR count). The molecule has 1 fully saturated rings. The Morgan fingerprint density at radius 1 is 1.22 bits per heavy atom. The standard InChI is InChI=1S/C16H22N2/c1-13-4-5-15(14-6-8-17-9-7-14)16(12-13)18-10-2-3-11-18/h2,4-5,10,12,14,17H,3,6-9,11H2,1H3. The van der Waals surface area contributed by atoms with Gasteiger partial charge in [-0.15, -0.1) is 0 Å². The van der Waals surface area contributed by atoms with E-state index in [1.165, 1.54) is 30.5 Å². The Kier molecular flexibility index (Phi) is 3.37. The van der Waals surface area contributed by atoms with Crippen LogP contribution in [0.5, 0.6) is 0 Å². The minimum absolute atomic E-state index is 0.732. The van der Waals surface area contributed by atoms with E-state index in [4.69, 9.17) is 0 Å². The molecule has 0 radical (unpaired) electrons. The zero-order valence-corrected chi connectivity index (χ0v) is 11.2. The Bertz CT molecular complexity index is 444. The first-order valence-corrected chi connectivity index (χ1v) is 7.09. The van der Waals surface area contributed by atoms with Crippen molar-refractivity contribution in [3.05, 3.63) is 41.6 Å². The summed E-state index contributed by atoms with van der Waals surface area (Å²) >= 11 is 0. The fourth-order valence-corrected chi connectivity index (χ4v) is 3.07. The average molecular weight is 242 g/mol. The van der Waals surface area contributed by atoms with Crippen LogP contribution in [0.3, 0.4) is 0 Å². The summed E-state index contributed by atoms with van der Waals surface area (Å²) in [7, 11) is 0. The van der Waals surface area contributed by atoms with Crippen molar-refractivity contribution in [2.24, 2.45) is 0 Å². The van der Waals surface area contributed by atoms with Gasteiger partial charge in [0.15, 0.2) is 0 Å². The lowest BCUT2D eigenvalue weighted by atomic mass is 9.88. The van der Waals surface area contributed by atoms with Crippen LogP contribution in [0.1, 0.15) is 36.3 Å². The lowest BCUT2D eigenvalue weighted by molar-refractivity contribution is 0.460. The summed E-state index contributed by atoms with van der Waals surface area (Å²) in [6, 6.07) is 6.97. The highest BCUT2D eigenvalue weighted by molar-refractivity contribution is 5.59. The lowest BCUT2D eigenvalue weighted by Crippen LogP contribution is -2.27. The number of piperidine rings is 1. The number of anilines is 1. The number of nitrogens with zero attached hydrogens (tertiary/aromatic N) is 1. The quantitative estimate of drug-likeness (QED) is 0.857. The van der Waals surface area contributed by atoms with E-state index in [1.807, 2.05) is 0 Å². The van der Waals surface area contributed by atoms with E-state index < -0.39 is 0 Å². The molecule has 0 saturated carbocycles. The van der Waals surface area contributed by atoms with Crippen molar-refractivity contribution >= 4 is 5.69 Å². The summed E-state index contributed by atoms with van der Waals surface area (Å²) in [6.07, 6.45) is 8.24. The number of hydrogen-bond acceptors (Lipinski definition) is 2. The van der Waals surface area contributed by atoms with Crippen molar-refractivity contribution in [3.8, 4) is 0 Å². The fourth-order valence-electron chi connectivity index (χ4n) is 3.07. The maximum atomic E-state index is 3.46. The van der Waals surface area contributed by atoms with Crippen molar-refractivity contribution < 1.29 is 0 Å². The summed E-state index contributed by atoms with van der Waals surface area (Å²) in [5, 5.41) is 3.46. The van der Waals surface area contributed by atoms with E-state index in [2.05, 4.69) is 47.6 Å². The van der Waals surface area contributed by atoms with E-state index in [0.29, 0.717) is 0 Å². The normalized spacial score (nSPS) is 20.6. The van der Waals surface area contributed by atoms with Crippen molar-refractivity contribution in [1.29, 1.82) is 0 Å². The Balaban J connectivity index is 1.94. The van der Waals surface area contributed by atoms with Gasteiger partial charge >= 0.3 is 0 Å². The van der Waals surface area contributed by atoms with Crippen LogP contribution in [0.4, 0.5) is 5.69 Å². The first-order valence-electron chi connectivity index (χ1n) is 7.09. The minimum Gasteiger partial charge on any atom is -0.348 e. The molecule has 1 aromatic rings. The predicted molar refractivity (Wildman–Crippen MR) is 77.1 cm³/mol. The van der Waals surface area contributed by atoms with Crippen LogP contribution < -0.4 is 10.2 Å². The van der Waals surface area contributed by atoms with Gasteiger partial charge in [-0.2, -0.15) is 0 Å². The van der Waals surface area contributed by atoms with Gasteiger partial charge in [0.2, 0.25) is 0 Å². The monoisotopic (exact) mass is 242 g/mol. The Morgan fingerprint density at radius 3 is 2.78 bits per heavy atom. The van der Waals surface area contributed by atoms with Crippen molar-refractivity contribution in [3.63, 3.8) is 0 Å². The molecule has 96 valence electrons. The number of rotatable bonds is 2. The van der Waals surface area contributed by atoms with Crippen LogP contribution >= 0.6 is 0 Å². The van der Waals surface area contributed by atoms with E-state index >= 15 is 0 Å². The third-order valence-electron chi connectivity index (χ3n) is 4.10. The average Bonchev–Trinajstić information content (AvgIpc) is 2.93. The van der Waals surface area contributed by atoms with Crippen molar-refractivity contribution in [2.75, 3.05) is 24.5 Å². The molecule has 0 unspecified atom stereocenters. The fraction of sp³-hybridized carbons (Fsp3) is 0.500. The van der Waals surface area contributed by atoms with E-state index in [-0.39, 0.29) is 0 Å². The molecule has 0 aromatic heterocycles. The maximum Gasteiger partial charge on any atom is 0.0444 e. The van der Waals surface area contributed by atoms with Crippen LogP contribution in [0, 0.1) is 6.92 Å². The summed E-state index contributed by atoms with van der Waals surface area (Å²) in [5.74, 6) is 0.732. The third-order valence-corrected chi connectivity index (χ3v) is 4.10. The smallest absolute Gasteiger partial charge is 0.0444 e. The molecule has 0 spiro atoms. The SMILES string of the molecule is Cc1ccc(C2CCNCC2)c(N2C=CCC2)c1. The molecule has 18 heavy (non-hydrogen) atoms. The van der Waals surface area contributed by atoms with Gasteiger partial charge in [-0.05, 0) is 62.4 Å². The predicted octanol–water partition coefficient (Wildman–Crippen LogP) is 3.19. The van der Waals surface area contributed by atoms with E-state index in [0.717, 1.165) is 25.6 Å². The van der Waals surface area contributed by atoms with Gasteiger partial charge in [0.1, 0.15) is 0 Å². The molecular formula is C16H22N2. The summed E-state index contributed by atoms with van der Waals surface area (Å²) < 4.78 is 0. The number of hydrogen-bond donors (Lipinski definition) is 1. The van der Waals surface area contributed by atoms with Crippen LogP contribution in [-0.4, -0.2) is 19.6 Å². The van der Waals surface area contributed by atoms with Gasteiger partial charge < -0.3 is 10.2 Å². The second kappa shape index (κ2) is 5.15. The topological polar surface area (TPSA) is 15.3 Å². The molecule has 0 aliphatic carbocycles. The molecular weight excluding hydrogens is 220 g/mol. The summed E-state index contributed by atoms with van der Waals surface area (Å²) in [4.78, 5) is 2.42. The third kappa shape index (κ3) is 2.30. The largest absolute Gasteiger partial charge is 0.348 e. The zero-order valence-electron chi connectivity index (χ0n) is 11.2. The molecule has 2 heterocycles. The highest BCUT2D eigenvalue weighted by atomic mass is 15.1. The second-order valence-corrected chi connectivity index (χ2v) is 5.45. The lowest BCUT2D eigenvalue weighted by Gasteiger charge is -2.28. The first-order chi connectivity index (χ1) is 8.84. The van der Waals surface area contributed by atoms with Crippen LogP contribution in [0.2, 0.25) is 0 Å². The number of aryl methyl sites for hydroxylation is 1. The van der Waals surface area contributed by atoms with Crippen LogP contribution in [-0.2, 0) is 0 Å². The molecule has 2 aliphatic heterocycles. The Hall–Kier alpha value is -1.28. The second-order valence-electron chi connectivity index (χ2n) is 5.45. The molecule has 1 N–H and O–H groups in total. The van der Waals surface area contributed by atoms with Gasteiger partial charge in [0.05, 0.1) is 0 Å². The van der Waals surface area contributed by atoms with Gasteiger partial charge in [0, 0.05) is 18.4 Å². The molecule has 0 bridgehead atoms. The first kappa shape index (κ1) is 11.8. The highest BCUT2D eigenvalue weighted by Gasteiger charge is 2.21. The number of benzene rings is 1. The van der Waals surface area contributed by atoms with Gasteiger partial charge in [-0.25, -0.2) is 0 Å². The van der Waals surface area contributed by atoms with Gasteiger partial charge in [-0.1, -0.05) is 18.2 Å². The molecule has 2 nitrogen and oxygen atoms in total. The molecule has 2 heteroatoms. The molecule has 0 amide bonds. The van der Waals surface area contributed by atoms with Crippen molar-refractivity contribution in [2.45, 2.75) is 32.1 Å². The molecule has 2 aliphatic rings. The van der Waals surface area contributed by atoms with Crippen LogP contribution in [0.15, 0.2) is 30.5 Å². The Labute approximate surface area is 110 Å². The number of nitrogens with one attached hydrogen (secondary N) is 1. The maximum absolute atomic E-state index is 3.46. The Morgan fingerprint density at radius 2 is 2.06 bits per heavy atom. The molecule has 1 saturated heterocycles. The van der Waals surface area contributed by atoms with E-state index in [9.17, 15) is 0 Å². The summed E-state index contributed by atoms with van der Waals surface area (Å²) in [6.45, 7) is 5.65. The van der Waals surface area contributed by atoms with E-state index in [1.54, 1.807) is 5.56 Å². The molecule has 0 atom stereocenters. The van der Waals surface area contributed by atoms with Gasteiger partial charge in [-0.3, -0.25) is 0 Å². The van der Waals surface area contributed by atoms with Crippen molar-refractivity contribution in [1.82, 2.24) is 5.32 Å². The molecule has 1 aromatic carbocycles. The minimum atomic E-state index is 0.732.